The number of rotatable bonds is 4. The first-order chi connectivity index (χ1) is 8.74. The summed E-state index contributed by atoms with van der Waals surface area (Å²) >= 11 is 5.87. The van der Waals surface area contributed by atoms with Crippen molar-refractivity contribution in [3.05, 3.63) is 23.6 Å². The highest BCUT2D eigenvalue weighted by Crippen LogP contribution is 2.27. The summed E-state index contributed by atoms with van der Waals surface area (Å²) in [5, 5.41) is 0. The van der Waals surface area contributed by atoms with Gasteiger partial charge in [-0.05, 0) is 24.8 Å². The predicted molar refractivity (Wildman–Crippen MR) is 73.6 cm³/mol. The lowest BCUT2D eigenvalue weighted by atomic mass is 9.92. The summed E-state index contributed by atoms with van der Waals surface area (Å²) in [6.07, 6.45) is 6.26. The zero-order chi connectivity index (χ0) is 13.0. The first-order valence-corrected chi connectivity index (χ1v) is 7.23. The highest BCUT2D eigenvalue weighted by molar-refractivity contribution is 6.17. The van der Waals surface area contributed by atoms with Crippen molar-refractivity contribution in [1.82, 2.24) is 4.98 Å². The molecule has 0 radical (unpaired) electrons. The average Bonchev–Trinajstić information content (AvgIpc) is 2.40. The van der Waals surface area contributed by atoms with E-state index < -0.39 is 0 Å². The van der Waals surface area contributed by atoms with Gasteiger partial charge in [-0.3, -0.25) is 0 Å². The van der Waals surface area contributed by atoms with Gasteiger partial charge in [0.2, 0.25) is 0 Å². The Kier molecular flexibility index (Phi) is 4.81. The van der Waals surface area contributed by atoms with Crippen LogP contribution < -0.4 is 4.90 Å². The third kappa shape index (κ3) is 3.14. The van der Waals surface area contributed by atoms with Crippen LogP contribution in [-0.2, 0) is 5.88 Å². The normalized spacial score (nSPS) is 17.2. The number of hydrogen-bond acceptors (Lipinski definition) is 2. The molecular weight excluding hydrogens is 251 g/mol. The lowest BCUT2D eigenvalue weighted by Gasteiger charge is -2.33. The van der Waals surface area contributed by atoms with Crippen LogP contribution in [0.2, 0.25) is 0 Å². The molecule has 0 N–H and O–H groups in total. The Bertz CT molecular complexity index is 389. The molecule has 1 aromatic rings. The maximum atomic E-state index is 13.1. The van der Waals surface area contributed by atoms with E-state index in [1.54, 1.807) is 0 Å². The number of alkyl halides is 1. The second-order valence-corrected chi connectivity index (χ2v) is 5.26. The van der Waals surface area contributed by atoms with E-state index >= 15 is 0 Å². The maximum Gasteiger partial charge on any atom is 0.141 e. The molecular formula is C14H20ClFN2. The summed E-state index contributed by atoms with van der Waals surface area (Å²) in [5.74, 6) is 1.71. The first-order valence-electron chi connectivity index (χ1n) is 6.70. The van der Waals surface area contributed by atoms with Gasteiger partial charge in [0, 0.05) is 18.7 Å². The number of nitrogens with zero attached hydrogens (tertiary/aromatic N) is 2. The van der Waals surface area contributed by atoms with Crippen molar-refractivity contribution in [1.29, 1.82) is 0 Å². The molecule has 0 aliphatic carbocycles. The Morgan fingerprint density at radius 1 is 1.44 bits per heavy atom. The topological polar surface area (TPSA) is 16.1 Å². The van der Waals surface area contributed by atoms with E-state index in [1.807, 2.05) is 0 Å². The molecule has 0 bridgehead atoms. The van der Waals surface area contributed by atoms with E-state index in [4.69, 9.17) is 11.6 Å². The Morgan fingerprint density at radius 2 is 2.17 bits per heavy atom. The third-order valence-corrected chi connectivity index (χ3v) is 3.95. The molecule has 100 valence electrons. The molecule has 0 saturated carbocycles. The van der Waals surface area contributed by atoms with Gasteiger partial charge in [0.15, 0.2) is 0 Å². The van der Waals surface area contributed by atoms with Crippen LogP contribution in [0, 0.1) is 11.7 Å². The summed E-state index contributed by atoms with van der Waals surface area (Å²) in [7, 11) is 0. The van der Waals surface area contributed by atoms with Crippen molar-refractivity contribution in [2.45, 2.75) is 38.5 Å². The lowest BCUT2D eigenvalue weighted by Crippen LogP contribution is -2.34. The predicted octanol–water partition coefficient (Wildman–Crippen LogP) is 3.98. The number of hydrogen-bond donors (Lipinski definition) is 0. The molecule has 1 aliphatic heterocycles. The van der Waals surface area contributed by atoms with Crippen molar-refractivity contribution in [3.8, 4) is 0 Å². The minimum atomic E-state index is -0.310. The van der Waals surface area contributed by atoms with Crippen LogP contribution in [0.5, 0.6) is 0 Å². The van der Waals surface area contributed by atoms with Gasteiger partial charge < -0.3 is 4.90 Å². The third-order valence-electron chi connectivity index (χ3n) is 3.66. The van der Waals surface area contributed by atoms with E-state index in [0.29, 0.717) is 5.88 Å². The van der Waals surface area contributed by atoms with Gasteiger partial charge in [-0.1, -0.05) is 19.8 Å². The molecule has 0 atom stereocenters. The van der Waals surface area contributed by atoms with Gasteiger partial charge in [-0.15, -0.1) is 11.6 Å². The Morgan fingerprint density at radius 3 is 2.78 bits per heavy atom. The molecule has 2 rings (SSSR count). The summed E-state index contributed by atoms with van der Waals surface area (Å²) in [5.41, 5.74) is 0.797. The van der Waals surface area contributed by atoms with E-state index in [1.165, 1.54) is 37.9 Å². The summed E-state index contributed by atoms with van der Waals surface area (Å²) in [6, 6.07) is 1.49. The maximum absolute atomic E-state index is 13.1. The van der Waals surface area contributed by atoms with Gasteiger partial charge in [0.25, 0.3) is 0 Å². The molecule has 1 saturated heterocycles. The average molecular weight is 271 g/mol. The minimum Gasteiger partial charge on any atom is -0.356 e. The molecule has 0 spiro atoms. The van der Waals surface area contributed by atoms with Gasteiger partial charge in [-0.2, -0.15) is 0 Å². The largest absolute Gasteiger partial charge is 0.356 e. The molecule has 0 unspecified atom stereocenters. The van der Waals surface area contributed by atoms with Crippen LogP contribution in [0.4, 0.5) is 10.2 Å². The van der Waals surface area contributed by atoms with Gasteiger partial charge in [-0.25, -0.2) is 9.37 Å². The molecule has 0 aromatic carbocycles. The molecule has 2 heterocycles. The quantitative estimate of drug-likeness (QED) is 0.770. The zero-order valence-electron chi connectivity index (χ0n) is 10.8. The zero-order valence-corrected chi connectivity index (χ0v) is 11.6. The highest BCUT2D eigenvalue weighted by Gasteiger charge is 2.21. The van der Waals surface area contributed by atoms with Gasteiger partial charge in [0.05, 0.1) is 12.1 Å². The summed E-state index contributed by atoms with van der Waals surface area (Å²) < 4.78 is 13.1. The molecule has 1 aliphatic rings. The van der Waals surface area contributed by atoms with Crippen LogP contribution in [0.1, 0.15) is 38.2 Å². The summed E-state index contributed by atoms with van der Waals surface area (Å²) in [6.45, 7) is 4.25. The molecule has 18 heavy (non-hydrogen) atoms. The van der Waals surface area contributed by atoms with Crippen LogP contribution >= 0.6 is 11.6 Å². The molecule has 1 aromatic heterocycles. The van der Waals surface area contributed by atoms with Crippen molar-refractivity contribution in [2.75, 3.05) is 18.0 Å². The number of piperidine rings is 1. The van der Waals surface area contributed by atoms with Crippen molar-refractivity contribution >= 4 is 17.4 Å². The Hall–Kier alpha value is -0.830. The highest BCUT2D eigenvalue weighted by atomic mass is 35.5. The fourth-order valence-electron chi connectivity index (χ4n) is 2.70. The molecule has 0 amide bonds. The standard InChI is InChI=1S/C14H20ClFN2/c1-2-3-11-4-6-18(7-5-11)14-12(9-15)8-13(16)10-17-14/h8,10-11H,2-7,9H2,1H3. The number of anilines is 1. The second-order valence-electron chi connectivity index (χ2n) is 4.99. The van der Waals surface area contributed by atoms with E-state index in [2.05, 4.69) is 16.8 Å². The van der Waals surface area contributed by atoms with Gasteiger partial charge >= 0.3 is 0 Å². The molecule has 1 fully saturated rings. The Balaban J connectivity index is 2.05. The van der Waals surface area contributed by atoms with Gasteiger partial charge in [0.1, 0.15) is 11.6 Å². The number of pyridine rings is 1. The fraction of sp³-hybridized carbons (Fsp3) is 0.643. The Labute approximate surface area is 113 Å². The monoisotopic (exact) mass is 270 g/mol. The van der Waals surface area contributed by atoms with Crippen molar-refractivity contribution < 1.29 is 4.39 Å². The van der Waals surface area contributed by atoms with Crippen LogP contribution in [0.15, 0.2) is 12.3 Å². The minimum absolute atomic E-state index is 0.310. The lowest BCUT2D eigenvalue weighted by molar-refractivity contribution is 0.377. The van der Waals surface area contributed by atoms with Crippen molar-refractivity contribution in [2.24, 2.45) is 5.92 Å². The van der Waals surface area contributed by atoms with Crippen LogP contribution in [0.25, 0.3) is 0 Å². The molecule has 2 nitrogen and oxygen atoms in total. The van der Waals surface area contributed by atoms with E-state index in [-0.39, 0.29) is 5.82 Å². The van der Waals surface area contributed by atoms with E-state index in [9.17, 15) is 4.39 Å². The smallest absolute Gasteiger partial charge is 0.141 e. The number of aromatic nitrogens is 1. The second kappa shape index (κ2) is 6.37. The van der Waals surface area contributed by atoms with Crippen molar-refractivity contribution in [3.63, 3.8) is 0 Å². The van der Waals surface area contributed by atoms with Crippen LogP contribution in [0.3, 0.4) is 0 Å². The number of halogens is 2. The SMILES string of the molecule is CCCC1CCN(c2ncc(F)cc2CCl)CC1. The van der Waals surface area contributed by atoms with E-state index in [0.717, 1.165) is 30.4 Å². The summed E-state index contributed by atoms with van der Waals surface area (Å²) in [4.78, 5) is 6.45. The fourth-order valence-corrected chi connectivity index (χ4v) is 2.90. The van der Waals surface area contributed by atoms with Crippen LogP contribution in [-0.4, -0.2) is 18.1 Å². The first kappa shape index (κ1) is 13.6. The molecule has 4 heteroatoms.